The summed E-state index contributed by atoms with van der Waals surface area (Å²) in [6, 6.07) is 5.49. The molecule has 0 unspecified atom stereocenters. The van der Waals surface area contributed by atoms with Gasteiger partial charge >= 0.3 is 0 Å². The molecule has 1 saturated heterocycles. The first-order valence-corrected chi connectivity index (χ1v) is 13.4. The van der Waals surface area contributed by atoms with Crippen LogP contribution in [0, 0.1) is 23.2 Å². The molecular formula is C26H35BrN4O3. The summed E-state index contributed by atoms with van der Waals surface area (Å²) in [5, 5.41) is 2.93. The number of hydrogen-bond acceptors (Lipinski definition) is 4. The number of carbonyl (C=O) groups excluding carboxylic acids is 3. The molecule has 3 N–H and O–H groups in total. The molecule has 4 bridgehead atoms. The quantitative estimate of drug-likeness (QED) is 0.566. The van der Waals surface area contributed by atoms with E-state index >= 15 is 0 Å². The zero-order valence-electron chi connectivity index (χ0n) is 19.7. The Hall–Kier alpha value is -1.93. The molecule has 5 aliphatic rings. The summed E-state index contributed by atoms with van der Waals surface area (Å²) in [6.07, 6.45) is 8.32. The second-order valence-corrected chi connectivity index (χ2v) is 12.1. The molecule has 34 heavy (non-hydrogen) atoms. The molecule has 0 aromatic heterocycles. The lowest BCUT2D eigenvalue weighted by atomic mass is 9.49. The lowest BCUT2D eigenvalue weighted by Gasteiger charge is -2.56. The van der Waals surface area contributed by atoms with Crippen LogP contribution in [0.25, 0.3) is 0 Å². The maximum atomic E-state index is 12.8. The standard InChI is InChI=1S/C26H35BrN4O3/c27-21-1-2-22(25(28)34)20(10-21)16-30-3-5-31(6-4-30)24(33)15-29-23(32)14-26-11-17-7-18(12-26)9-19(8-17)13-26/h1-2,10,17-19H,3-9,11-16H2,(H2,28,34)(H,29,32). The van der Waals surface area contributed by atoms with Crippen molar-refractivity contribution in [3.63, 3.8) is 0 Å². The van der Waals surface area contributed by atoms with Crippen molar-refractivity contribution in [2.24, 2.45) is 28.9 Å². The Morgan fingerprint density at radius 2 is 1.62 bits per heavy atom. The number of nitrogens with one attached hydrogen (secondary N) is 1. The fourth-order valence-corrected chi connectivity index (χ4v) is 7.93. The average Bonchev–Trinajstić information content (AvgIpc) is 2.76. The van der Waals surface area contributed by atoms with Crippen LogP contribution in [0.4, 0.5) is 0 Å². The zero-order chi connectivity index (χ0) is 23.9. The van der Waals surface area contributed by atoms with Gasteiger partial charge in [0.2, 0.25) is 17.7 Å². The van der Waals surface area contributed by atoms with Crippen molar-refractivity contribution in [3.8, 4) is 0 Å². The summed E-state index contributed by atoms with van der Waals surface area (Å²) >= 11 is 3.46. The topological polar surface area (TPSA) is 95.7 Å². The van der Waals surface area contributed by atoms with Crippen molar-refractivity contribution in [1.29, 1.82) is 0 Å². The van der Waals surface area contributed by atoms with E-state index in [1.807, 2.05) is 17.0 Å². The molecule has 1 aromatic rings. The van der Waals surface area contributed by atoms with Crippen LogP contribution in [0.5, 0.6) is 0 Å². The molecule has 0 radical (unpaired) electrons. The highest BCUT2D eigenvalue weighted by Crippen LogP contribution is 2.61. The minimum absolute atomic E-state index is 0.0150. The molecule has 4 saturated carbocycles. The van der Waals surface area contributed by atoms with E-state index in [0.29, 0.717) is 31.6 Å². The Balaban J connectivity index is 1.07. The van der Waals surface area contributed by atoms with Crippen LogP contribution < -0.4 is 11.1 Å². The van der Waals surface area contributed by atoms with Crippen LogP contribution >= 0.6 is 15.9 Å². The Kier molecular flexibility index (Phi) is 6.73. The predicted molar refractivity (Wildman–Crippen MR) is 133 cm³/mol. The number of amides is 3. The largest absolute Gasteiger partial charge is 0.366 e. The van der Waals surface area contributed by atoms with Gasteiger partial charge in [0.1, 0.15) is 0 Å². The van der Waals surface area contributed by atoms with Gasteiger partial charge in [-0.1, -0.05) is 15.9 Å². The van der Waals surface area contributed by atoms with Gasteiger partial charge in [0.05, 0.1) is 6.54 Å². The molecular weight excluding hydrogens is 496 g/mol. The number of halogens is 1. The van der Waals surface area contributed by atoms with Crippen molar-refractivity contribution in [3.05, 3.63) is 33.8 Å². The normalized spacial score (nSPS) is 30.4. The van der Waals surface area contributed by atoms with Crippen LogP contribution in [0.3, 0.4) is 0 Å². The van der Waals surface area contributed by atoms with Gasteiger partial charge in [0.25, 0.3) is 0 Å². The van der Waals surface area contributed by atoms with Gasteiger partial charge in [-0.15, -0.1) is 0 Å². The Morgan fingerprint density at radius 1 is 1.00 bits per heavy atom. The average molecular weight is 531 g/mol. The van der Waals surface area contributed by atoms with Crippen LogP contribution in [0.15, 0.2) is 22.7 Å². The van der Waals surface area contributed by atoms with Crippen LogP contribution in [0.2, 0.25) is 0 Å². The molecule has 7 nitrogen and oxygen atoms in total. The van der Waals surface area contributed by atoms with Crippen LogP contribution in [-0.4, -0.2) is 60.2 Å². The molecule has 1 heterocycles. The highest BCUT2D eigenvalue weighted by atomic mass is 79.9. The third-order valence-electron chi connectivity index (χ3n) is 8.59. The van der Waals surface area contributed by atoms with Gasteiger partial charge in [-0.3, -0.25) is 19.3 Å². The Morgan fingerprint density at radius 3 is 2.21 bits per heavy atom. The number of benzene rings is 1. The van der Waals surface area contributed by atoms with Gasteiger partial charge in [-0.05, 0) is 85.5 Å². The number of hydrogen-bond donors (Lipinski definition) is 2. The minimum atomic E-state index is -0.430. The molecule has 0 atom stereocenters. The van der Waals surface area contributed by atoms with Crippen molar-refractivity contribution >= 4 is 33.7 Å². The van der Waals surface area contributed by atoms with Crippen molar-refractivity contribution < 1.29 is 14.4 Å². The predicted octanol–water partition coefficient (Wildman–Crippen LogP) is 2.91. The molecule has 1 aliphatic heterocycles. The summed E-state index contributed by atoms with van der Waals surface area (Å²) in [7, 11) is 0. The molecule has 4 aliphatic carbocycles. The summed E-state index contributed by atoms with van der Waals surface area (Å²) in [5.74, 6) is 2.08. The van der Waals surface area contributed by atoms with Gasteiger partial charge in [0.15, 0.2) is 0 Å². The zero-order valence-corrected chi connectivity index (χ0v) is 21.3. The lowest BCUT2D eigenvalue weighted by Crippen LogP contribution is -2.51. The molecule has 5 fully saturated rings. The number of rotatable bonds is 7. The number of piperazine rings is 1. The maximum absolute atomic E-state index is 12.8. The SMILES string of the molecule is NC(=O)c1ccc(Br)cc1CN1CCN(C(=O)CNC(=O)CC23CC4CC(CC(C4)C2)C3)CC1. The third kappa shape index (κ3) is 5.18. The molecule has 1 aromatic carbocycles. The second kappa shape index (κ2) is 9.61. The number of nitrogens with two attached hydrogens (primary N) is 1. The molecule has 8 heteroatoms. The molecule has 6 rings (SSSR count). The maximum Gasteiger partial charge on any atom is 0.249 e. The molecule has 184 valence electrons. The van der Waals surface area contributed by atoms with E-state index in [1.165, 1.54) is 38.5 Å². The summed E-state index contributed by atoms with van der Waals surface area (Å²) in [6.45, 7) is 3.37. The highest BCUT2D eigenvalue weighted by Gasteiger charge is 2.51. The number of nitrogens with zero attached hydrogens (tertiary/aromatic N) is 2. The van der Waals surface area contributed by atoms with E-state index in [1.54, 1.807) is 6.07 Å². The van der Waals surface area contributed by atoms with E-state index < -0.39 is 5.91 Å². The minimum Gasteiger partial charge on any atom is -0.366 e. The van der Waals surface area contributed by atoms with Gasteiger partial charge in [0, 0.05) is 49.2 Å². The second-order valence-electron chi connectivity index (χ2n) is 11.2. The summed E-state index contributed by atoms with van der Waals surface area (Å²) in [4.78, 5) is 41.3. The first-order chi connectivity index (χ1) is 16.3. The smallest absolute Gasteiger partial charge is 0.249 e. The third-order valence-corrected chi connectivity index (χ3v) is 9.08. The molecule has 0 spiro atoms. The van der Waals surface area contributed by atoms with E-state index in [9.17, 15) is 14.4 Å². The van der Waals surface area contributed by atoms with Crippen LogP contribution in [0.1, 0.15) is 60.9 Å². The lowest BCUT2D eigenvalue weighted by molar-refractivity contribution is -0.136. The van der Waals surface area contributed by atoms with Gasteiger partial charge < -0.3 is 16.0 Å². The first kappa shape index (κ1) is 23.8. The summed E-state index contributed by atoms with van der Waals surface area (Å²) < 4.78 is 0.908. The fourth-order valence-electron chi connectivity index (χ4n) is 7.53. The molecule has 3 amide bonds. The van der Waals surface area contributed by atoms with E-state index in [4.69, 9.17) is 5.73 Å². The van der Waals surface area contributed by atoms with Gasteiger partial charge in [-0.2, -0.15) is 0 Å². The highest BCUT2D eigenvalue weighted by molar-refractivity contribution is 9.10. The summed E-state index contributed by atoms with van der Waals surface area (Å²) in [5.41, 5.74) is 7.14. The van der Waals surface area contributed by atoms with E-state index in [2.05, 4.69) is 26.1 Å². The van der Waals surface area contributed by atoms with Crippen LogP contribution in [-0.2, 0) is 16.1 Å². The van der Waals surface area contributed by atoms with E-state index in [0.717, 1.165) is 40.9 Å². The number of primary amides is 1. The monoisotopic (exact) mass is 530 g/mol. The van der Waals surface area contributed by atoms with E-state index in [-0.39, 0.29) is 23.8 Å². The van der Waals surface area contributed by atoms with Crippen molar-refractivity contribution in [2.45, 2.75) is 51.5 Å². The number of carbonyl (C=O) groups is 3. The Bertz CT molecular complexity index is 938. The van der Waals surface area contributed by atoms with Crippen molar-refractivity contribution in [2.75, 3.05) is 32.7 Å². The van der Waals surface area contributed by atoms with Gasteiger partial charge in [-0.25, -0.2) is 0 Å². The van der Waals surface area contributed by atoms with Crippen molar-refractivity contribution in [1.82, 2.24) is 15.1 Å². The first-order valence-electron chi connectivity index (χ1n) is 12.6. The fraction of sp³-hybridized carbons (Fsp3) is 0.654. The Labute approximate surface area is 209 Å².